The van der Waals surface area contributed by atoms with Crippen LogP contribution in [0.5, 0.6) is 0 Å². The van der Waals surface area contributed by atoms with E-state index in [0.29, 0.717) is 12.3 Å². The Morgan fingerprint density at radius 1 is 1.22 bits per heavy atom. The number of benzene rings is 1. The van der Waals surface area contributed by atoms with Gasteiger partial charge in [-0.2, -0.15) is 0 Å². The number of anilines is 1. The van der Waals surface area contributed by atoms with E-state index >= 15 is 0 Å². The molecule has 2 fully saturated rings. The predicted molar refractivity (Wildman–Crippen MR) is 81.3 cm³/mol. The topological polar surface area (TPSA) is 29.1 Å². The molecule has 2 bridgehead atoms. The molecular weight excluding hydrogens is 337 g/mol. The molecule has 3 atom stereocenters. The minimum atomic E-state index is 0.189. The van der Waals surface area contributed by atoms with Gasteiger partial charge in [-0.1, -0.05) is 6.42 Å². The van der Waals surface area contributed by atoms with Gasteiger partial charge >= 0.3 is 0 Å². The zero-order valence-electron chi connectivity index (χ0n) is 10.4. The molecule has 1 aromatic carbocycles. The SMILES string of the molecule is O=C(C[C@@H]1C[C@H]2CC[C@@H]1C2)Nc1ccc(I)cc1. The van der Waals surface area contributed by atoms with Crippen molar-refractivity contribution in [2.45, 2.75) is 32.1 Å². The van der Waals surface area contributed by atoms with Crippen molar-refractivity contribution in [3.05, 3.63) is 27.8 Å². The van der Waals surface area contributed by atoms with E-state index in [1.807, 2.05) is 24.3 Å². The largest absolute Gasteiger partial charge is 0.326 e. The minimum absolute atomic E-state index is 0.189. The van der Waals surface area contributed by atoms with Crippen molar-refractivity contribution in [2.75, 3.05) is 5.32 Å². The molecule has 0 aromatic heterocycles. The fraction of sp³-hybridized carbons (Fsp3) is 0.533. The molecule has 2 nitrogen and oxygen atoms in total. The van der Waals surface area contributed by atoms with Crippen LogP contribution in [0.1, 0.15) is 32.1 Å². The zero-order valence-corrected chi connectivity index (χ0v) is 12.5. The number of hydrogen-bond donors (Lipinski definition) is 1. The van der Waals surface area contributed by atoms with Crippen LogP contribution in [0.2, 0.25) is 0 Å². The maximum Gasteiger partial charge on any atom is 0.224 e. The number of halogens is 1. The minimum Gasteiger partial charge on any atom is -0.326 e. The third-order valence-corrected chi connectivity index (χ3v) is 5.18. The van der Waals surface area contributed by atoms with Gasteiger partial charge in [0.1, 0.15) is 0 Å². The monoisotopic (exact) mass is 355 g/mol. The molecule has 0 radical (unpaired) electrons. The highest BCUT2D eigenvalue weighted by Crippen LogP contribution is 2.49. The summed E-state index contributed by atoms with van der Waals surface area (Å²) in [4.78, 5) is 12.0. The van der Waals surface area contributed by atoms with E-state index in [1.165, 1.54) is 29.3 Å². The van der Waals surface area contributed by atoms with Gasteiger partial charge in [0.15, 0.2) is 0 Å². The Kier molecular flexibility index (Phi) is 3.59. The Labute approximate surface area is 122 Å². The van der Waals surface area contributed by atoms with Crippen molar-refractivity contribution < 1.29 is 4.79 Å². The Morgan fingerprint density at radius 2 is 2.00 bits per heavy atom. The molecule has 0 saturated heterocycles. The lowest BCUT2D eigenvalue weighted by Crippen LogP contribution is -2.20. The number of amides is 1. The quantitative estimate of drug-likeness (QED) is 0.815. The molecule has 0 aliphatic heterocycles. The van der Waals surface area contributed by atoms with Crippen molar-refractivity contribution in [3.8, 4) is 0 Å². The third-order valence-electron chi connectivity index (χ3n) is 4.46. The first-order valence-electron chi connectivity index (χ1n) is 6.76. The summed E-state index contributed by atoms with van der Waals surface area (Å²) in [5.41, 5.74) is 0.920. The highest BCUT2D eigenvalue weighted by atomic mass is 127. The van der Waals surface area contributed by atoms with Crippen LogP contribution >= 0.6 is 22.6 Å². The lowest BCUT2D eigenvalue weighted by Gasteiger charge is -2.20. The Hall–Kier alpha value is -0.580. The van der Waals surface area contributed by atoms with Gasteiger partial charge in [0.2, 0.25) is 5.91 Å². The molecule has 3 heteroatoms. The second kappa shape index (κ2) is 5.19. The first-order valence-corrected chi connectivity index (χ1v) is 7.84. The van der Waals surface area contributed by atoms with E-state index < -0.39 is 0 Å². The van der Waals surface area contributed by atoms with Crippen LogP contribution in [0.3, 0.4) is 0 Å². The Balaban J connectivity index is 1.54. The van der Waals surface area contributed by atoms with Crippen LogP contribution in [0.25, 0.3) is 0 Å². The lowest BCUT2D eigenvalue weighted by molar-refractivity contribution is -0.117. The predicted octanol–water partition coefficient (Wildman–Crippen LogP) is 4.06. The summed E-state index contributed by atoms with van der Waals surface area (Å²) in [5.74, 6) is 2.59. The molecule has 3 rings (SSSR count). The molecule has 1 N–H and O–H groups in total. The maximum atomic E-state index is 12.0. The first-order chi connectivity index (χ1) is 8.70. The molecule has 1 aromatic rings. The molecule has 1 amide bonds. The number of nitrogens with one attached hydrogen (secondary N) is 1. The number of carbonyl (C=O) groups excluding carboxylic acids is 1. The molecule has 2 saturated carbocycles. The molecule has 18 heavy (non-hydrogen) atoms. The number of fused-ring (bicyclic) bond motifs is 2. The highest BCUT2D eigenvalue weighted by Gasteiger charge is 2.40. The number of carbonyl (C=O) groups is 1. The zero-order chi connectivity index (χ0) is 12.5. The van der Waals surface area contributed by atoms with Gasteiger partial charge in [0, 0.05) is 15.7 Å². The summed E-state index contributed by atoms with van der Waals surface area (Å²) in [6.07, 6.45) is 6.13. The highest BCUT2D eigenvalue weighted by molar-refractivity contribution is 14.1. The Bertz CT molecular complexity index is 442. The van der Waals surface area contributed by atoms with Crippen LogP contribution in [0, 0.1) is 21.3 Å². The summed E-state index contributed by atoms with van der Waals surface area (Å²) < 4.78 is 1.19. The van der Waals surface area contributed by atoms with Crippen LogP contribution in [0.15, 0.2) is 24.3 Å². The van der Waals surface area contributed by atoms with Crippen LogP contribution in [-0.4, -0.2) is 5.91 Å². The normalized spacial score (nSPS) is 29.5. The molecule has 2 aliphatic rings. The second-order valence-electron chi connectivity index (χ2n) is 5.69. The molecule has 96 valence electrons. The van der Waals surface area contributed by atoms with Gasteiger partial charge in [0.05, 0.1) is 0 Å². The smallest absolute Gasteiger partial charge is 0.224 e. The van der Waals surface area contributed by atoms with Gasteiger partial charge < -0.3 is 5.32 Å². The van der Waals surface area contributed by atoms with Crippen LogP contribution in [-0.2, 0) is 4.79 Å². The van der Waals surface area contributed by atoms with E-state index in [4.69, 9.17) is 0 Å². The summed E-state index contributed by atoms with van der Waals surface area (Å²) in [6.45, 7) is 0. The fourth-order valence-electron chi connectivity index (χ4n) is 3.61. The van der Waals surface area contributed by atoms with E-state index in [-0.39, 0.29) is 5.91 Å². The van der Waals surface area contributed by atoms with Gasteiger partial charge in [-0.15, -0.1) is 0 Å². The van der Waals surface area contributed by atoms with Crippen molar-refractivity contribution >= 4 is 34.2 Å². The molecule has 0 spiro atoms. The summed E-state index contributed by atoms with van der Waals surface area (Å²) in [5, 5.41) is 3.01. The lowest BCUT2D eigenvalue weighted by atomic mass is 9.86. The van der Waals surface area contributed by atoms with Crippen molar-refractivity contribution in [2.24, 2.45) is 17.8 Å². The third kappa shape index (κ3) is 2.71. The molecule has 0 unspecified atom stereocenters. The van der Waals surface area contributed by atoms with E-state index in [1.54, 1.807) is 0 Å². The Morgan fingerprint density at radius 3 is 2.61 bits per heavy atom. The summed E-state index contributed by atoms with van der Waals surface area (Å²) >= 11 is 2.27. The van der Waals surface area contributed by atoms with E-state index in [9.17, 15) is 4.79 Å². The van der Waals surface area contributed by atoms with Crippen molar-refractivity contribution in [1.29, 1.82) is 0 Å². The summed E-state index contributed by atoms with van der Waals surface area (Å²) in [6, 6.07) is 7.99. The van der Waals surface area contributed by atoms with E-state index in [0.717, 1.165) is 17.5 Å². The molecule has 2 aliphatic carbocycles. The van der Waals surface area contributed by atoms with E-state index in [2.05, 4.69) is 27.9 Å². The molecular formula is C15H18INO. The van der Waals surface area contributed by atoms with Gasteiger partial charge in [-0.3, -0.25) is 4.79 Å². The number of hydrogen-bond acceptors (Lipinski definition) is 1. The standard InChI is InChI=1S/C15H18INO/c16-13-3-5-14(6-4-13)17-15(18)9-12-8-10-1-2-11(12)7-10/h3-6,10-12H,1-2,7-9H2,(H,17,18)/t10-,11+,12-/m0/s1. The average Bonchev–Trinajstić information content (AvgIpc) is 2.94. The second-order valence-corrected chi connectivity index (χ2v) is 6.94. The van der Waals surface area contributed by atoms with Crippen LogP contribution in [0.4, 0.5) is 5.69 Å². The van der Waals surface area contributed by atoms with Gasteiger partial charge in [-0.05, 0) is 83.9 Å². The summed E-state index contributed by atoms with van der Waals surface area (Å²) in [7, 11) is 0. The number of rotatable bonds is 3. The van der Waals surface area contributed by atoms with Gasteiger partial charge in [-0.25, -0.2) is 0 Å². The van der Waals surface area contributed by atoms with Crippen molar-refractivity contribution in [1.82, 2.24) is 0 Å². The first kappa shape index (κ1) is 12.5. The van der Waals surface area contributed by atoms with Crippen LogP contribution < -0.4 is 5.32 Å². The maximum absolute atomic E-state index is 12.0. The van der Waals surface area contributed by atoms with Gasteiger partial charge in [0.25, 0.3) is 0 Å². The molecule has 0 heterocycles. The fourth-order valence-corrected chi connectivity index (χ4v) is 3.97. The van der Waals surface area contributed by atoms with Crippen molar-refractivity contribution in [3.63, 3.8) is 0 Å². The average molecular weight is 355 g/mol.